The molecular weight excluding hydrogens is 970 g/mol. The van der Waals surface area contributed by atoms with Crippen molar-refractivity contribution in [2.75, 3.05) is 0 Å². The number of benzene rings is 6. The maximum atomic E-state index is 12.4. The van der Waals surface area contributed by atoms with Gasteiger partial charge in [-0.25, -0.2) is 38.7 Å². The van der Waals surface area contributed by atoms with Gasteiger partial charge in [0, 0.05) is 32.3 Å². The Morgan fingerprint density at radius 2 is 1.03 bits per heavy atom. The summed E-state index contributed by atoms with van der Waals surface area (Å²) in [6, 6.07) is 17.0. The molecule has 0 atom stereocenters. The summed E-state index contributed by atoms with van der Waals surface area (Å²) in [5, 5.41) is 23.2. The molecule has 0 spiro atoms. The van der Waals surface area contributed by atoms with E-state index in [1.807, 2.05) is 0 Å². The summed E-state index contributed by atoms with van der Waals surface area (Å²) in [5.41, 5.74) is -1.08. The van der Waals surface area contributed by atoms with Crippen LogP contribution in [-0.4, -0.2) is 66.8 Å². The number of H-pyrrole nitrogens is 2. The first kappa shape index (κ1) is 55.2. The number of fused-ring (bicyclic) bond motifs is 3. The molecule has 6 aromatic carbocycles. The summed E-state index contributed by atoms with van der Waals surface area (Å²) in [4.78, 5) is 9.84. The van der Waals surface area contributed by atoms with Crippen LogP contribution < -0.4 is 129 Å². The number of rotatable bonds is 9. The molecule has 0 unspecified atom stereocenters. The number of hydrogen-bond acceptors (Lipinski definition) is 19. The minimum atomic E-state index is -5.27. The average molecular weight is 988 g/mol. The van der Waals surface area contributed by atoms with E-state index in [0.29, 0.717) is 0 Å². The first-order chi connectivity index (χ1) is 27.6. The second-order valence-corrected chi connectivity index (χ2v) is 17.8. The zero-order valence-electron chi connectivity index (χ0n) is 32.8. The Kier molecular flexibility index (Phi) is 18.6. The molecule has 0 radical (unpaired) electrons. The van der Waals surface area contributed by atoms with E-state index in [2.05, 4.69) is 40.4 Å². The molecule has 0 amide bonds. The van der Waals surface area contributed by atoms with Gasteiger partial charge in [0.1, 0.15) is 40.5 Å². The molecule has 1 heterocycles. The molecule has 0 fully saturated rings. The fourth-order valence-corrected chi connectivity index (χ4v) is 8.71. The summed E-state index contributed by atoms with van der Waals surface area (Å²) in [6.07, 6.45) is 0. The normalized spacial score (nSPS) is 12.6. The van der Waals surface area contributed by atoms with Crippen molar-refractivity contribution in [3.8, 4) is 0 Å². The van der Waals surface area contributed by atoms with Crippen molar-refractivity contribution in [3.63, 3.8) is 0 Å². The minimum absolute atomic E-state index is 0. The largest absolute Gasteiger partial charge is 1.00 e. The van der Waals surface area contributed by atoms with Gasteiger partial charge in [-0.05, 0) is 72.3 Å². The molecule has 21 nitrogen and oxygen atoms in total. The van der Waals surface area contributed by atoms with Gasteiger partial charge in [-0.3, -0.25) is 10.4 Å². The van der Waals surface area contributed by atoms with Crippen LogP contribution in [0.15, 0.2) is 136 Å². The minimum Gasteiger partial charge on any atom is -0.744 e. The molecular formula is C33H18ClN9Na4O12S4. The molecule has 302 valence electrons. The number of azo groups is 2. The van der Waals surface area contributed by atoms with E-state index < -0.39 is 71.1 Å². The fraction of sp³-hybridized carbons (Fsp3) is 0. The smallest absolute Gasteiger partial charge is 0.744 e. The van der Waals surface area contributed by atoms with Crippen LogP contribution in [0.25, 0.3) is 32.3 Å². The molecule has 7 rings (SSSR count). The van der Waals surface area contributed by atoms with Gasteiger partial charge in [-0.15, -0.1) is 15.3 Å². The van der Waals surface area contributed by atoms with Crippen molar-refractivity contribution < 1.29 is 170 Å². The van der Waals surface area contributed by atoms with Crippen molar-refractivity contribution in [1.29, 1.82) is 5.41 Å². The number of aromatic amines is 2. The third-order valence-corrected chi connectivity index (χ3v) is 12.0. The van der Waals surface area contributed by atoms with E-state index in [4.69, 9.17) is 17.0 Å². The van der Waals surface area contributed by atoms with E-state index in [1.165, 1.54) is 42.5 Å². The first-order valence-electron chi connectivity index (χ1n) is 15.9. The molecule has 0 aliphatic heterocycles. The van der Waals surface area contributed by atoms with Gasteiger partial charge in [0.15, 0.2) is 0 Å². The monoisotopic (exact) mass is 987 g/mol. The molecule has 0 aliphatic rings. The molecule has 1 aromatic heterocycles. The Balaban J connectivity index is 0.00000264. The first-order valence-corrected chi connectivity index (χ1v) is 21.9. The predicted octanol–water partition coefficient (Wildman–Crippen LogP) is -6.97. The van der Waals surface area contributed by atoms with Crippen molar-refractivity contribution >= 4 is 113 Å². The molecule has 0 aliphatic carbocycles. The summed E-state index contributed by atoms with van der Waals surface area (Å²) in [6.45, 7) is 0. The van der Waals surface area contributed by atoms with Crippen molar-refractivity contribution in [3.05, 3.63) is 108 Å². The number of nitrogens with one attached hydrogen (secondary N) is 3. The van der Waals surface area contributed by atoms with E-state index in [0.717, 1.165) is 48.5 Å². The zero-order valence-corrected chi connectivity index (χ0v) is 44.8. The van der Waals surface area contributed by atoms with Gasteiger partial charge in [-0.2, -0.15) is 10.1 Å². The van der Waals surface area contributed by atoms with E-state index in [1.54, 1.807) is 0 Å². The Morgan fingerprint density at radius 3 is 1.60 bits per heavy atom. The molecule has 0 saturated carbocycles. The molecule has 3 N–H and O–H groups in total. The second-order valence-electron chi connectivity index (χ2n) is 12.1. The summed E-state index contributed by atoms with van der Waals surface area (Å²) in [7, 11) is -20.6. The molecule has 30 heteroatoms. The molecule has 0 saturated heterocycles. The fourth-order valence-electron chi connectivity index (χ4n) is 5.94. The summed E-state index contributed by atoms with van der Waals surface area (Å²) < 4.78 is 146. The molecule has 63 heavy (non-hydrogen) atoms. The van der Waals surface area contributed by atoms with Gasteiger partial charge in [0.2, 0.25) is 16.5 Å². The quantitative estimate of drug-likeness (QED) is 0.0689. The van der Waals surface area contributed by atoms with Gasteiger partial charge in [-0.1, -0.05) is 30.3 Å². The van der Waals surface area contributed by atoms with Crippen LogP contribution in [0.1, 0.15) is 0 Å². The average Bonchev–Trinajstić information content (AvgIpc) is 3.14. The van der Waals surface area contributed by atoms with E-state index >= 15 is 0 Å². The number of hydrogen-bond donors (Lipinski definition) is 3. The SMILES string of the molecule is N=c1nc(Cl)[nH]c(=Nc2ccc(N=Nc3ccc(N=Nc4cc(S(=O)(=O)[O-])c5cccc(S(=O)(=O)[O-])c5c4)c4cc(S(=O)(=O)[O-])ccc34)c3cccc(S(=O)(=O)[O-])c23)[nH]1.[Na+].[Na+].[Na+].[Na+]. The predicted molar refractivity (Wildman–Crippen MR) is 201 cm³/mol. The topological polar surface area (TPSA) is 359 Å². The Bertz CT molecular complexity index is 3640. The van der Waals surface area contributed by atoms with Crippen LogP contribution in [-0.2, 0) is 40.5 Å². The van der Waals surface area contributed by atoms with E-state index in [9.17, 15) is 51.9 Å². The summed E-state index contributed by atoms with van der Waals surface area (Å²) >= 11 is 5.89. The number of halogens is 1. The van der Waals surface area contributed by atoms with Crippen molar-refractivity contribution in [2.24, 2.45) is 25.4 Å². The van der Waals surface area contributed by atoms with Crippen LogP contribution >= 0.6 is 11.6 Å². The van der Waals surface area contributed by atoms with Crippen LogP contribution in [0.3, 0.4) is 0 Å². The number of aromatic nitrogens is 3. The Morgan fingerprint density at radius 1 is 0.508 bits per heavy atom. The van der Waals surface area contributed by atoms with Crippen LogP contribution in [0.4, 0.5) is 28.4 Å². The van der Waals surface area contributed by atoms with Crippen LogP contribution in [0.5, 0.6) is 0 Å². The van der Waals surface area contributed by atoms with E-state index in [-0.39, 0.29) is 184 Å². The third-order valence-electron chi connectivity index (χ3n) is 8.34. The zero-order chi connectivity index (χ0) is 42.7. The third kappa shape index (κ3) is 12.4. The second kappa shape index (κ2) is 21.2. The molecule has 0 bridgehead atoms. The van der Waals surface area contributed by atoms with Crippen LogP contribution in [0.2, 0.25) is 5.28 Å². The Hall–Kier alpha value is -2.16. The van der Waals surface area contributed by atoms with Gasteiger partial charge in [0.05, 0.1) is 48.0 Å². The number of nitrogens with zero attached hydrogens (tertiary/aromatic N) is 6. The van der Waals surface area contributed by atoms with Gasteiger partial charge >= 0.3 is 118 Å². The van der Waals surface area contributed by atoms with Gasteiger partial charge in [0.25, 0.3) is 0 Å². The standard InChI is InChI=1S/C33H22ClN9O12S4.4Na/c34-31-37-32(35)39-33(38-31)36-26-12-11-24(20-4-2-6-28(30(20)26)58(50,51)52)43-42-23-9-10-25(21-15-17(56(44,45)46)7-8-18(21)23)41-40-16-13-22-19(29(14-16)59(53,54)55)3-1-5-27(22)57(47,48)49;;;;/h1-15H,(H,44,45,46)(H,47,48,49)(H,50,51,52)(H,53,54,55)(H3,35,36,37,38,39);;;;/q;4*+1/p-4. The molecule has 7 aromatic rings. The summed E-state index contributed by atoms with van der Waals surface area (Å²) in [5.74, 6) is 0. The van der Waals surface area contributed by atoms with Crippen LogP contribution in [0, 0.1) is 5.41 Å². The van der Waals surface area contributed by atoms with Gasteiger partial charge < -0.3 is 23.2 Å². The maximum Gasteiger partial charge on any atom is 1.00 e. The Labute approximate surface area is 449 Å². The van der Waals surface area contributed by atoms with Crippen molar-refractivity contribution in [1.82, 2.24) is 15.0 Å². The maximum absolute atomic E-state index is 12.4. The van der Waals surface area contributed by atoms with Crippen molar-refractivity contribution in [2.45, 2.75) is 19.6 Å².